The van der Waals surface area contributed by atoms with Gasteiger partial charge in [0.1, 0.15) is 0 Å². The molecule has 0 spiro atoms. The Morgan fingerprint density at radius 3 is 2.14 bits per heavy atom. The molecule has 0 bridgehead atoms. The maximum Gasteiger partial charge on any atom is 0.533 e. The number of carboxylic acid groups (broad SMARTS) is 1. The number of ether oxygens (including phenoxy) is 1. The minimum absolute atomic E-state index is 0.00829. The fraction of sp³-hybridized carbons (Fsp3) is 0.438. The number of rotatable bonds is 11. The van der Waals surface area contributed by atoms with Gasteiger partial charge in [0.25, 0.3) is 0 Å². The lowest BCUT2D eigenvalue weighted by Gasteiger charge is -2.40. The lowest BCUT2D eigenvalue weighted by molar-refractivity contribution is -0.143. The van der Waals surface area contributed by atoms with Crippen LogP contribution in [0, 0.1) is 0 Å². The second kappa shape index (κ2) is 15.1. The highest BCUT2D eigenvalue weighted by molar-refractivity contribution is 5.68. The quantitative estimate of drug-likeness (QED) is 0.130. The Hall–Kier alpha value is -4.97. The Labute approximate surface area is 284 Å². The normalized spacial score (nSPS) is 17.0. The van der Waals surface area contributed by atoms with Crippen molar-refractivity contribution in [2.45, 2.75) is 83.1 Å². The number of halogens is 9. The number of hydrogen-bond donors (Lipinski definition) is 3. The summed E-state index contributed by atoms with van der Waals surface area (Å²) in [5.74, 6) is -1.46. The van der Waals surface area contributed by atoms with Gasteiger partial charge in [0.15, 0.2) is 0 Å². The third kappa shape index (κ3) is 9.84. The lowest BCUT2D eigenvalue weighted by Crippen LogP contribution is -2.43. The van der Waals surface area contributed by atoms with Crippen LogP contribution in [0.3, 0.4) is 0 Å². The average molecular weight is 738 g/mol. The number of benzene rings is 2. The van der Waals surface area contributed by atoms with Gasteiger partial charge in [-0.15, -0.1) is 0 Å². The van der Waals surface area contributed by atoms with Crippen molar-refractivity contribution < 1.29 is 63.8 Å². The molecular formula is C32H32F9N5O5. The standard InChI is InChI=1S/C32H32F9N5O5/c1-4-21-14-23(22-13-18(30(33,34)35)6-7-26(22)46(21)51-29(49)50-5-2)44-28-42-15-25(43-16(3)8-27(47)48)24(45-28)11-17-9-19(31(36,37)38)12-20(10-17)32(39,40)41/h6-7,9-10,12-13,15-16,21,23,43H,4-5,8,11,14H2,1-3H3,(H,47,48)(H,42,44,45)/t16?,21-,23+/m1/s1. The predicted molar refractivity (Wildman–Crippen MR) is 164 cm³/mol. The molecule has 0 saturated heterocycles. The molecule has 1 aromatic heterocycles. The van der Waals surface area contributed by atoms with Crippen molar-refractivity contribution >= 4 is 29.4 Å². The summed E-state index contributed by atoms with van der Waals surface area (Å²) in [5, 5.41) is 16.1. The monoisotopic (exact) mass is 737 g/mol. The number of anilines is 3. The smallest absolute Gasteiger partial charge is 0.481 e. The van der Waals surface area contributed by atoms with Crippen LogP contribution in [0.2, 0.25) is 0 Å². The number of aliphatic carboxylic acids is 1. The van der Waals surface area contributed by atoms with E-state index in [-0.39, 0.29) is 47.7 Å². The first-order chi connectivity index (χ1) is 23.7. The molecule has 3 N–H and O–H groups in total. The molecule has 0 radical (unpaired) electrons. The molecule has 278 valence electrons. The number of nitrogens with one attached hydrogen (secondary N) is 2. The summed E-state index contributed by atoms with van der Waals surface area (Å²) in [6.45, 7) is 4.69. The van der Waals surface area contributed by atoms with Gasteiger partial charge in [-0.3, -0.25) is 4.79 Å². The Morgan fingerprint density at radius 1 is 0.961 bits per heavy atom. The Bertz CT molecular complexity index is 1700. The van der Waals surface area contributed by atoms with Crippen LogP contribution in [-0.2, 0) is 39.3 Å². The third-order valence-electron chi connectivity index (χ3n) is 7.79. The van der Waals surface area contributed by atoms with Gasteiger partial charge < -0.3 is 25.3 Å². The molecule has 3 atom stereocenters. The number of carbonyl (C=O) groups excluding carboxylic acids is 1. The van der Waals surface area contributed by atoms with Crippen molar-refractivity contribution in [3.8, 4) is 0 Å². The highest BCUT2D eigenvalue weighted by Crippen LogP contribution is 2.43. The number of fused-ring (bicyclic) bond motifs is 1. The van der Waals surface area contributed by atoms with Crippen LogP contribution in [0.1, 0.15) is 79.6 Å². The minimum Gasteiger partial charge on any atom is -0.481 e. The van der Waals surface area contributed by atoms with Gasteiger partial charge in [-0.2, -0.15) is 44.6 Å². The summed E-state index contributed by atoms with van der Waals surface area (Å²) < 4.78 is 128. The van der Waals surface area contributed by atoms with E-state index >= 15 is 0 Å². The molecule has 19 heteroatoms. The molecular weight excluding hydrogens is 705 g/mol. The molecule has 0 amide bonds. The number of carboxylic acids is 1. The van der Waals surface area contributed by atoms with Crippen LogP contribution >= 0.6 is 0 Å². The molecule has 0 fully saturated rings. The first kappa shape index (κ1) is 38.8. The van der Waals surface area contributed by atoms with Gasteiger partial charge in [0, 0.05) is 18.0 Å². The lowest BCUT2D eigenvalue weighted by atomic mass is 9.90. The summed E-state index contributed by atoms with van der Waals surface area (Å²) in [6.07, 6.45) is -15.7. The molecule has 2 heterocycles. The predicted octanol–water partition coefficient (Wildman–Crippen LogP) is 8.63. The van der Waals surface area contributed by atoms with Crippen molar-refractivity contribution in [1.29, 1.82) is 0 Å². The van der Waals surface area contributed by atoms with Gasteiger partial charge >= 0.3 is 30.7 Å². The molecule has 51 heavy (non-hydrogen) atoms. The largest absolute Gasteiger partial charge is 0.533 e. The van der Waals surface area contributed by atoms with E-state index in [0.29, 0.717) is 18.6 Å². The number of nitrogens with zero attached hydrogens (tertiary/aromatic N) is 3. The van der Waals surface area contributed by atoms with Gasteiger partial charge in [0.05, 0.1) is 65.1 Å². The summed E-state index contributed by atoms with van der Waals surface area (Å²) >= 11 is 0. The van der Waals surface area contributed by atoms with E-state index < -0.39 is 83.9 Å². The molecule has 10 nitrogen and oxygen atoms in total. The summed E-state index contributed by atoms with van der Waals surface area (Å²) in [4.78, 5) is 37.3. The summed E-state index contributed by atoms with van der Waals surface area (Å²) in [6, 6.07) is 1.39. The third-order valence-corrected chi connectivity index (χ3v) is 7.79. The maximum atomic E-state index is 13.8. The van der Waals surface area contributed by atoms with Crippen molar-refractivity contribution in [3.63, 3.8) is 0 Å². The first-order valence-electron chi connectivity index (χ1n) is 15.4. The number of carbonyl (C=O) groups is 2. The van der Waals surface area contributed by atoms with Crippen molar-refractivity contribution in [2.75, 3.05) is 22.3 Å². The van der Waals surface area contributed by atoms with E-state index in [1.165, 1.54) is 13.8 Å². The average Bonchev–Trinajstić information content (AvgIpc) is 3.01. The van der Waals surface area contributed by atoms with E-state index in [1.807, 2.05) is 0 Å². The van der Waals surface area contributed by atoms with Crippen molar-refractivity contribution in [3.05, 3.63) is 76.1 Å². The number of hydroxylamine groups is 1. The number of hydrogen-bond acceptors (Lipinski definition) is 9. The van der Waals surface area contributed by atoms with Crippen LogP contribution in [-0.4, -0.2) is 45.9 Å². The highest BCUT2D eigenvalue weighted by Gasteiger charge is 2.39. The van der Waals surface area contributed by atoms with E-state index in [0.717, 1.165) is 29.5 Å². The molecule has 3 aromatic rings. The van der Waals surface area contributed by atoms with E-state index in [9.17, 15) is 54.2 Å². The highest BCUT2D eigenvalue weighted by atomic mass is 19.4. The topological polar surface area (TPSA) is 126 Å². The molecule has 0 saturated carbocycles. The molecule has 1 aliphatic heterocycles. The summed E-state index contributed by atoms with van der Waals surface area (Å²) in [7, 11) is 0. The summed E-state index contributed by atoms with van der Waals surface area (Å²) in [5.41, 5.74) is -4.66. The van der Waals surface area contributed by atoms with Gasteiger partial charge in [-0.25, -0.2) is 14.8 Å². The Kier molecular flexibility index (Phi) is 11.5. The van der Waals surface area contributed by atoms with E-state index in [4.69, 9.17) is 9.57 Å². The van der Waals surface area contributed by atoms with E-state index in [1.54, 1.807) is 6.92 Å². The van der Waals surface area contributed by atoms with Crippen LogP contribution in [0.4, 0.5) is 61.6 Å². The zero-order chi connectivity index (χ0) is 37.9. The fourth-order valence-corrected chi connectivity index (χ4v) is 5.51. The maximum absolute atomic E-state index is 13.8. The molecule has 2 aromatic carbocycles. The molecule has 0 aliphatic carbocycles. The van der Waals surface area contributed by atoms with Crippen LogP contribution < -0.4 is 15.7 Å². The Morgan fingerprint density at radius 2 is 1.59 bits per heavy atom. The van der Waals surface area contributed by atoms with Gasteiger partial charge in [-0.1, -0.05) is 6.92 Å². The first-order valence-corrected chi connectivity index (χ1v) is 15.4. The van der Waals surface area contributed by atoms with Crippen LogP contribution in [0.25, 0.3) is 0 Å². The van der Waals surface area contributed by atoms with Gasteiger partial charge in [0.2, 0.25) is 5.95 Å². The zero-order valence-corrected chi connectivity index (χ0v) is 27.1. The second-order valence-electron chi connectivity index (χ2n) is 11.7. The molecule has 4 rings (SSSR count). The number of alkyl halides is 9. The van der Waals surface area contributed by atoms with Crippen molar-refractivity contribution in [1.82, 2.24) is 9.97 Å². The van der Waals surface area contributed by atoms with Crippen molar-refractivity contribution in [2.24, 2.45) is 0 Å². The molecule has 1 unspecified atom stereocenters. The minimum atomic E-state index is -5.13. The second-order valence-corrected chi connectivity index (χ2v) is 11.7. The van der Waals surface area contributed by atoms with E-state index in [2.05, 4.69) is 20.6 Å². The number of aromatic nitrogens is 2. The Balaban J connectivity index is 1.80. The van der Waals surface area contributed by atoms with Crippen LogP contribution in [0.15, 0.2) is 42.6 Å². The fourth-order valence-electron chi connectivity index (χ4n) is 5.51. The SMILES string of the molecule is CCOC(=O)ON1c2ccc(C(F)(F)F)cc2[C@@H](Nc2ncc(NC(C)CC(=O)O)c(Cc3cc(C(F)(F)F)cc(C(F)(F)F)c3)n2)C[C@H]1CC. The van der Waals surface area contributed by atoms with Gasteiger partial charge in [-0.05, 0) is 68.7 Å². The van der Waals surface area contributed by atoms with Crippen LogP contribution in [0.5, 0.6) is 0 Å². The molecule has 1 aliphatic rings. The zero-order valence-electron chi connectivity index (χ0n) is 27.1.